The molecule has 3 aliphatic rings. The lowest BCUT2D eigenvalue weighted by Gasteiger charge is -2.48. The van der Waals surface area contributed by atoms with Gasteiger partial charge in [-0.15, -0.1) is 0 Å². The van der Waals surface area contributed by atoms with Crippen LogP contribution in [-0.4, -0.2) is 193 Å². The van der Waals surface area contributed by atoms with Crippen LogP contribution in [0.2, 0.25) is 0 Å². The highest BCUT2D eigenvalue weighted by Gasteiger charge is 2.53. The van der Waals surface area contributed by atoms with E-state index >= 15 is 0 Å². The lowest BCUT2D eigenvalue weighted by Crippen LogP contribution is -2.66. The van der Waals surface area contributed by atoms with Gasteiger partial charge in [-0.05, 0) is 12.8 Å². The standard InChI is InChI=1S/C45H85NO18/c1-3-5-7-9-11-13-14-15-16-18-20-22-29(50)28(46-33(51)23-21-19-17-12-10-8-6-4-2)27-59-43-39(57)36(54)41(31(25-48)61-43)64-45-40(58)37(55)42(32(26-49)62-45)63-44-38(56)35(53)34(52)30(24-47)60-44/h28-32,34-45,47-50,52-58H,3-27H2,1-2H3,(H,46,51). The minimum Gasteiger partial charge on any atom is -0.394 e. The summed E-state index contributed by atoms with van der Waals surface area (Å²) in [6.07, 6.45) is -4.68. The molecular formula is C45H85NO18. The zero-order valence-electron chi connectivity index (χ0n) is 38.3. The number of ether oxygens (including phenoxy) is 6. The predicted molar refractivity (Wildman–Crippen MR) is 231 cm³/mol. The van der Waals surface area contributed by atoms with Crippen LogP contribution < -0.4 is 5.32 Å². The van der Waals surface area contributed by atoms with Crippen LogP contribution >= 0.6 is 0 Å². The molecule has 0 aromatic carbocycles. The third-order valence-corrected chi connectivity index (χ3v) is 12.7. The van der Waals surface area contributed by atoms with Gasteiger partial charge in [-0.3, -0.25) is 4.79 Å². The van der Waals surface area contributed by atoms with Gasteiger partial charge in [0.25, 0.3) is 0 Å². The highest BCUT2D eigenvalue weighted by Crippen LogP contribution is 2.33. The molecule has 0 saturated carbocycles. The zero-order chi connectivity index (χ0) is 47.0. The highest BCUT2D eigenvalue weighted by atomic mass is 16.8. The molecule has 0 aromatic heterocycles. The van der Waals surface area contributed by atoms with Gasteiger partial charge in [-0.2, -0.15) is 0 Å². The molecule has 17 atom stereocenters. The van der Waals surface area contributed by atoms with Gasteiger partial charge in [-0.25, -0.2) is 0 Å². The Morgan fingerprint density at radius 2 is 0.891 bits per heavy atom. The molecule has 0 bridgehead atoms. The lowest BCUT2D eigenvalue weighted by atomic mass is 9.96. The molecule has 0 spiro atoms. The number of hydrogen-bond donors (Lipinski definition) is 12. The van der Waals surface area contributed by atoms with Crippen molar-refractivity contribution in [3.8, 4) is 0 Å². The minimum atomic E-state index is -1.97. The van der Waals surface area contributed by atoms with Crippen LogP contribution in [0.15, 0.2) is 0 Å². The largest absolute Gasteiger partial charge is 0.394 e. The molecule has 378 valence electrons. The maximum absolute atomic E-state index is 13.1. The number of carbonyl (C=O) groups is 1. The van der Waals surface area contributed by atoms with Crippen molar-refractivity contribution >= 4 is 5.91 Å². The number of amides is 1. The van der Waals surface area contributed by atoms with Gasteiger partial charge in [0.15, 0.2) is 18.9 Å². The summed E-state index contributed by atoms with van der Waals surface area (Å²) in [7, 11) is 0. The fourth-order valence-electron chi connectivity index (χ4n) is 8.55. The topological polar surface area (TPSA) is 307 Å². The molecule has 19 heteroatoms. The molecule has 3 rings (SSSR count). The van der Waals surface area contributed by atoms with Crippen LogP contribution in [-0.2, 0) is 33.2 Å². The number of unbranched alkanes of at least 4 members (excludes halogenated alkanes) is 17. The summed E-state index contributed by atoms with van der Waals surface area (Å²) in [5.74, 6) is -0.250. The Balaban J connectivity index is 1.58. The monoisotopic (exact) mass is 928 g/mol. The molecule has 0 aromatic rings. The van der Waals surface area contributed by atoms with E-state index in [1.165, 1.54) is 70.6 Å². The van der Waals surface area contributed by atoms with Crippen LogP contribution in [0.1, 0.15) is 149 Å². The Labute approximate surface area is 379 Å². The van der Waals surface area contributed by atoms with E-state index in [0.717, 1.165) is 44.9 Å². The zero-order valence-corrected chi connectivity index (χ0v) is 38.3. The summed E-state index contributed by atoms with van der Waals surface area (Å²) >= 11 is 0. The molecule has 12 N–H and O–H groups in total. The van der Waals surface area contributed by atoms with Crippen molar-refractivity contribution in [1.29, 1.82) is 0 Å². The molecule has 3 saturated heterocycles. The maximum atomic E-state index is 13.1. The number of aliphatic hydroxyl groups is 11. The Bertz CT molecular complexity index is 1200. The van der Waals surface area contributed by atoms with E-state index in [0.29, 0.717) is 12.8 Å². The Morgan fingerprint density at radius 1 is 0.500 bits per heavy atom. The number of carbonyl (C=O) groups excluding carboxylic acids is 1. The second-order valence-electron chi connectivity index (χ2n) is 17.9. The second-order valence-corrected chi connectivity index (χ2v) is 17.9. The van der Waals surface area contributed by atoms with E-state index in [1.807, 2.05) is 0 Å². The first-order valence-electron chi connectivity index (χ1n) is 24.3. The van der Waals surface area contributed by atoms with Crippen molar-refractivity contribution < 1.29 is 89.4 Å². The molecule has 3 aliphatic heterocycles. The van der Waals surface area contributed by atoms with E-state index < -0.39 is 124 Å². The van der Waals surface area contributed by atoms with E-state index in [1.54, 1.807) is 0 Å². The van der Waals surface area contributed by atoms with Gasteiger partial charge in [-0.1, -0.05) is 129 Å². The molecule has 19 nitrogen and oxygen atoms in total. The van der Waals surface area contributed by atoms with Gasteiger partial charge in [0.05, 0.1) is 38.6 Å². The molecule has 0 aliphatic carbocycles. The predicted octanol–water partition coefficient (Wildman–Crippen LogP) is 0.529. The minimum absolute atomic E-state index is 0.250. The van der Waals surface area contributed by atoms with Crippen molar-refractivity contribution in [3.63, 3.8) is 0 Å². The fraction of sp³-hybridized carbons (Fsp3) is 0.978. The van der Waals surface area contributed by atoms with Crippen molar-refractivity contribution in [3.05, 3.63) is 0 Å². The van der Waals surface area contributed by atoms with Gasteiger partial charge in [0.1, 0.15) is 73.2 Å². The normalized spacial score (nSPS) is 34.4. The second kappa shape index (κ2) is 31.8. The van der Waals surface area contributed by atoms with Crippen molar-refractivity contribution in [2.45, 2.75) is 253 Å². The van der Waals surface area contributed by atoms with Gasteiger partial charge >= 0.3 is 0 Å². The van der Waals surface area contributed by atoms with Crippen molar-refractivity contribution in [2.75, 3.05) is 26.4 Å². The summed E-state index contributed by atoms with van der Waals surface area (Å²) < 4.78 is 34.0. The van der Waals surface area contributed by atoms with E-state index in [2.05, 4.69) is 19.2 Å². The Morgan fingerprint density at radius 3 is 1.36 bits per heavy atom. The van der Waals surface area contributed by atoms with Gasteiger partial charge in [0.2, 0.25) is 5.91 Å². The Kier molecular flexibility index (Phi) is 28.3. The highest BCUT2D eigenvalue weighted by molar-refractivity contribution is 5.76. The average molecular weight is 928 g/mol. The molecule has 1 amide bonds. The summed E-state index contributed by atoms with van der Waals surface area (Å²) in [5, 5.41) is 119. The van der Waals surface area contributed by atoms with Crippen LogP contribution in [0, 0.1) is 0 Å². The smallest absolute Gasteiger partial charge is 0.220 e. The summed E-state index contributed by atoms with van der Waals surface area (Å²) in [4.78, 5) is 13.1. The van der Waals surface area contributed by atoms with Crippen molar-refractivity contribution in [1.82, 2.24) is 5.32 Å². The van der Waals surface area contributed by atoms with Crippen LogP contribution in [0.4, 0.5) is 0 Å². The summed E-state index contributed by atoms with van der Waals surface area (Å²) in [6.45, 7) is 1.69. The SMILES string of the molecule is CCCCCCCCCCCCCC(O)C(COC1OC(CO)C(OC2OC(CO)C(OC3OC(CO)C(O)C(O)C3O)C(O)C2O)C(O)C1O)NC(=O)CCCCCCCCCC. The van der Waals surface area contributed by atoms with Gasteiger partial charge < -0.3 is 89.9 Å². The number of nitrogens with one attached hydrogen (secondary N) is 1. The number of aliphatic hydroxyl groups excluding tert-OH is 11. The quantitative estimate of drug-likeness (QED) is 0.0400. The first-order valence-corrected chi connectivity index (χ1v) is 24.3. The Hall–Kier alpha value is -1.21. The van der Waals surface area contributed by atoms with E-state index in [9.17, 15) is 61.0 Å². The average Bonchev–Trinajstić information content (AvgIpc) is 3.29. The number of hydrogen-bond acceptors (Lipinski definition) is 18. The summed E-state index contributed by atoms with van der Waals surface area (Å²) in [5.41, 5.74) is 0. The van der Waals surface area contributed by atoms with Crippen LogP contribution in [0.5, 0.6) is 0 Å². The third kappa shape index (κ3) is 18.4. The fourth-order valence-corrected chi connectivity index (χ4v) is 8.55. The maximum Gasteiger partial charge on any atom is 0.220 e. The molecule has 3 fully saturated rings. The van der Waals surface area contributed by atoms with E-state index in [-0.39, 0.29) is 18.9 Å². The van der Waals surface area contributed by atoms with E-state index in [4.69, 9.17) is 28.4 Å². The molecule has 0 radical (unpaired) electrons. The lowest BCUT2D eigenvalue weighted by molar-refractivity contribution is -0.379. The number of rotatable bonds is 33. The van der Waals surface area contributed by atoms with Crippen molar-refractivity contribution in [2.24, 2.45) is 0 Å². The first kappa shape index (κ1) is 57.1. The molecular weight excluding hydrogens is 842 g/mol. The van der Waals surface area contributed by atoms with Crippen LogP contribution in [0.25, 0.3) is 0 Å². The first-order chi connectivity index (χ1) is 30.8. The molecule has 3 heterocycles. The molecule has 64 heavy (non-hydrogen) atoms. The van der Waals surface area contributed by atoms with Gasteiger partial charge in [0, 0.05) is 6.42 Å². The third-order valence-electron chi connectivity index (χ3n) is 12.7. The summed E-state index contributed by atoms with van der Waals surface area (Å²) in [6, 6.07) is -0.875. The van der Waals surface area contributed by atoms with Crippen LogP contribution in [0.3, 0.4) is 0 Å². The molecule has 17 unspecified atom stereocenters.